The Hall–Kier alpha value is -1.97. The molecule has 1 aliphatic carbocycles. The van der Waals surface area contributed by atoms with Crippen molar-refractivity contribution in [3.8, 4) is 11.5 Å². The lowest BCUT2D eigenvalue weighted by Gasteiger charge is -2.27. The Morgan fingerprint density at radius 3 is 2.68 bits per heavy atom. The van der Waals surface area contributed by atoms with Crippen molar-refractivity contribution in [2.45, 2.75) is 58.4 Å². The second-order valence-electron chi connectivity index (χ2n) is 7.42. The molecule has 0 heterocycles. The van der Waals surface area contributed by atoms with E-state index in [-0.39, 0.29) is 17.7 Å². The maximum absolute atomic E-state index is 12.3. The summed E-state index contributed by atoms with van der Waals surface area (Å²) in [6.07, 6.45) is 10.5. The predicted octanol–water partition coefficient (Wildman–Crippen LogP) is 4.22. The Kier molecular flexibility index (Phi) is 7.35. The van der Waals surface area contributed by atoms with E-state index in [9.17, 15) is 9.90 Å². The van der Waals surface area contributed by atoms with Gasteiger partial charge in [-0.05, 0) is 61.6 Å². The van der Waals surface area contributed by atoms with Gasteiger partial charge < -0.3 is 15.2 Å². The van der Waals surface area contributed by atoms with Crippen LogP contribution in [-0.2, 0) is 11.2 Å². The number of amides is 1. The quantitative estimate of drug-likeness (QED) is 0.728. The van der Waals surface area contributed by atoms with Crippen molar-refractivity contribution in [3.05, 3.63) is 35.9 Å². The Labute approximate surface area is 151 Å². The monoisotopic (exact) mass is 345 g/mol. The average Bonchev–Trinajstić information content (AvgIpc) is 2.58. The number of methoxy groups -OCH3 is 1. The van der Waals surface area contributed by atoms with E-state index in [0.717, 1.165) is 37.7 Å². The maximum Gasteiger partial charge on any atom is 0.224 e. The van der Waals surface area contributed by atoms with Crippen molar-refractivity contribution < 1.29 is 14.6 Å². The summed E-state index contributed by atoms with van der Waals surface area (Å²) in [5.74, 6) is 1.90. The minimum atomic E-state index is 0.0338. The van der Waals surface area contributed by atoms with Crippen LogP contribution in [0.25, 0.3) is 0 Å². The second-order valence-corrected chi connectivity index (χ2v) is 7.42. The van der Waals surface area contributed by atoms with Gasteiger partial charge in [0.2, 0.25) is 5.91 Å². The minimum Gasteiger partial charge on any atom is -0.504 e. The van der Waals surface area contributed by atoms with Crippen molar-refractivity contribution in [2.75, 3.05) is 7.11 Å². The summed E-state index contributed by atoms with van der Waals surface area (Å²) in [5.41, 5.74) is 0.845. The van der Waals surface area contributed by atoms with Crippen LogP contribution in [0.4, 0.5) is 0 Å². The third-order valence-corrected chi connectivity index (χ3v) is 4.76. The smallest absolute Gasteiger partial charge is 0.224 e. The molecule has 1 fully saturated rings. The van der Waals surface area contributed by atoms with Crippen LogP contribution in [0.3, 0.4) is 0 Å². The molecule has 0 unspecified atom stereocenters. The Balaban J connectivity index is 1.76. The molecular formula is C21H31NO3. The topological polar surface area (TPSA) is 58.6 Å². The summed E-state index contributed by atoms with van der Waals surface area (Å²) < 4.78 is 5.09. The number of phenolic OH excluding ortho intramolecular Hbond substituents is 1. The van der Waals surface area contributed by atoms with Crippen LogP contribution in [0.2, 0.25) is 0 Å². The molecule has 0 radical (unpaired) electrons. The van der Waals surface area contributed by atoms with Crippen molar-refractivity contribution >= 4 is 5.91 Å². The van der Waals surface area contributed by atoms with Gasteiger partial charge in [-0.2, -0.15) is 0 Å². The maximum atomic E-state index is 12.3. The average molecular weight is 345 g/mol. The van der Waals surface area contributed by atoms with Gasteiger partial charge in [0.1, 0.15) is 0 Å². The molecule has 2 rings (SSSR count). The van der Waals surface area contributed by atoms with E-state index >= 15 is 0 Å². The Morgan fingerprint density at radius 2 is 2.04 bits per heavy atom. The van der Waals surface area contributed by atoms with Crippen LogP contribution >= 0.6 is 0 Å². The molecule has 1 amide bonds. The first-order valence-electron chi connectivity index (χ1n) is 9.29. The number of allylic oxidation sites excluding steroid dienone is 2. The van der Waals surface area contributed by atoms with Gasteiger partial charge >= 0.3 is 0 Å². The fourth-order valence-corrected chi connectivity index (χ4v) is 3.30. The lowest BCUT2D eigenvalue weighted by atomic mass is 9.85. The lowest BCUT2D eigenvalue weighted by molar-refractivity contribution is -0.121. The summed E-state index contributed by atoms with van der Waals surface area (Å²) in [5, 5.41) is 12.8. The van der Waals surface area contributed by atoms with E-state index in [1.165, 1.54) is 7.11 Å². The first-order valence-corrected chi connectivity index (χ1v) is 9.29. The normalized spacial score (nSPS) is 20.8. The van der Waals surface area contributed by atoms with Gasteiger partial charge in [-0.3, -0.25) is 4.79 Å². The largest absolute Gasteiger partial charge is 0.504 e. The zero-order chi connectivity index (χ0) is 18.2. The van der Waals surface area contributed by atoms with E-state index in [2.05, 4.69) is 31.3 Å². The van der Waals surface area contributed by atoms with E-state index in [1.54, 1.807) is 18.2 Å². The van der Waals surface area contributed by atoms with E-state index in [0.29, 0.717) is 24.0 Å². The summed E-state index contributed by atoms with van der Waals surface area (Å²) in [7, 11) is 1.51. The van der Waals surface area contributed by atoms with Crippen LogP contribution in [0, 0.1) is 11.8 Å². The zero-order valence-electron chi connectivity index (χ0n) is 15.6. The number of carbonyl (C=O) groups excluding carboxylic acids is 1. The molecule has 1 saturated carbocycles. The highest BCUT2D eigenvalue weighted by Crippen LogP contribution is 2.27. The SMILES string of the molecule is COc1cc(CC(=O)NC2CCC(C=CCC(C)C)CC2)ccc1O. The molecule has 0 aliphatic heterocycles. The number of phenols is 1. The van der Waals surface area contributed by atoms with Gasteiger partial charge in [0.25, 0.3) is 0 Å². The number of rotatable bonds is 7. The molecule has 0 bridgehead atoms. The molecule has 0 spiro atoms. The van der Waals surface area contributed by atoms with Gasteiger partial charge in [0.15, 0.2) is 11.5 Å². The highest BCUT2D eigenvalue weighted by atomic mass is 16.5. The molecule has 4 nitrogen and oxygen atoms in total. The molecule has 4 heteroatoms. The molecular weight excluding hydrogens is 314 g/mol. The number of benzene rings is 1. The molecule has 0 saturated heterocycles. The van der Waals surface area contributed by atoms with Crippen molar-refractivity contribution in [1.29, 1.82) is 0 Å². The van der Waals surface area contributed by atoms with Crippen molar-refractivity contribution in [1.82, 2.24) is 5.32 Å². The standard InChI is InChI=1S/C21H31NO3/c1-15(2)5-4-6-16-7-10-18(11-8-16)22-21(24)14-17-9-12-19(23)20(13-17)25-3/h4,6,9,12-13,15-16,18,23H,5,7-8,10-11,14H2,1-3H3,(H,22,24). The molecule has 0 atom stereocenters. The van der Waals surface area contributed by atoms with E-state index in [4.69, 9.17) is 4.74 Å². The minimum absolute atomic E-state index is 0.0338. The first kappa shape index (κ1) is 19.4. The number of carbonyl (C=O) groups is 1. The first-order chi connectivity index (χ1) is 12.0. The number of hydrogen-bond acceptors (Lipinski definition) is 3. The molecule has 2 N–H and O–H groups in total. The molecule has 1 aromatic carbocycles. The summed E-state index contributed by atoms with van der Waals surface area (Å²) in [4.78, 5) is 12.3. The number of nitrogens with one attached hydrogen (secondary N) is 1. The third-order valence-electron chi connectivity index (χ3n) is 4.76. The Bertz CT molecular complexity index is 587. The highest BCUT2D eigenvalue weighted by Gasteiger charge is 2.21. The van der Waals surface area contributed by atoms with Gasteiger partial charge in [0.05, 0.1) is 13.5 Å². The van der Waals surface area contributed by atoms with Crippen molar-refractivity contribution in [3.63, 3.8) is 0 Å². The number of ether oxygens (including phenoxy) is 1. The summed E-state index contributed by atoms with van der Waals surface area (Å²) >= 11 is 0. The van der Waals surface area contributed by atoms with Crippen LogP contribution in [-0.4, -0.2) is 24.2 Å². The van der Waals surface area contributed by atoms with Gasteiger partial charge in [-0.15, -0.1) is 0 Å². The summed E-state index contributed by atoms with van der Waals surface area (Å²) in [6, 6.07) is 5.32. The van der Waals surface area contributed by atoms with Gasteiger partial charge in [0, 0.05) is 6.04 Å². The van der Waals surface area contributed by atoms with E-state index in [1.807, 2.05) is 0 Å². The number of aromatic hydroxyl groups is 1. The van der Waals surface area contributed by atoms with Crippen molar-refractivity contribution in [2.24, 2.45) is 11.8 Å². The Morgan fingerprint density at radius 1 is 1.32 bits per heavy atom. The predicted molar refractivity (Wildman–Crippen MR) is 101 cm³/mol. The lowest BCUT2D eigenvalue weighted by Crippen LogP contribution is -2.38. The van der Waals surface area contributed by atoms with Crippen LogP contribution < -0.4 is 10.1 Å². The zero-order valence-corrected chi connectivity index (χ0v) is 15.6. The number of hydrogen-bond donors (Lipinski definition) is 2. The molecule has 0 aromatic heterocycles. The second kappa shape index (κ2) is 9.50. The van der Waals surface area contributed by atoms with Crippen LogP contribution in [0.15, 0.2) is 30.4 Å². The van der Waals surface area contributed by atoms with Crippen LogP contribution in [0.1, 0.15) is 51.5 Å². The van der Waals surface area contributed by atoms with E-state index < -0.39 is 0 Å². The fraction of sp³-hybridized carbons (Fsp3) is 0.571. The highest BCUT2D eigenvalue weighted by molar-refractivity contribution is 5.79. The molecule has 25 heavy (non-hydrogen) atoms. The van der Waals surface area contributed by atoms with Gasteiger partial charge in [-0.25, -0.2) is 0 Å². The molecule has 1 aromatic rings. The van der Waals surface area contributed by atoms with Crippen LogP contribution in [0.5, 0.6) is 11.5 Å². The molecule has 1 aliphatic rings. The summed E-state index contributed by atoms with van der Waals surface area (Å²) in [6.45, 7) is 4.47. The molecule has 138 valence electrons. The third kappa shape index (κ3) is 6.45. The fourth-order valence-electron chi connectivity index (χ4n) is 3.30. The van der Waals surface area contributed by atoms with Gasteiger partial charge in [-0.1, -0.05) is 32.1 Å².